The average molecular weight is 333 g/mol. The lowest BCUT2D eigenvalue weighted by Crippen LogP contribution is -2.16. The molecule has 0 heterocycles. The van der Waals surface area contributed by atoms with Crippen LogP contribution >= 0.6 is 34.8 Å². The summed E-state index contributed by atoms with van der Waals surface area (Å²) in [4.78, 5) is 0. The van der Waals surface area contributed by atoms with Crippen LogP contribution in [0.25, 0.3) is 0 Å². The van der Waals surface area contributed by atoms with E-state index in [1.165, 1.54) is 12.1 Å². The van der Waals surface area contributed by atoms with E-state index in [2.05, 4.69) is 0 Å². The number of rotatable bonds is 6. The molecule has 0 aliphatic rings. The van der Waals surface area contributed by atoms with E-state index in [4.69, 9.17) is 44.7 Å². The van der Waals surface area contributed by atoms with Gasteiger partial charge in [0.05, 0.1) is 22.4 Å². The summed E-state index contributed by atoms with van der Waals surface area (Å²) in [7, 11) is -3.42. The molecule has 0 atom stereocenters. The molecular weight excluding hydrogens is 321 g/mol. The number of unbranched alkanes of at least 4 members (excludes halogenated alkanes) is 1. The van der Waals surface area contributed by atoms with Crippen molar-refractivity contribution >= 4 is 44.8 Å². The van der Waals surface area contributed by atoms with Crippen LogP contribution < -0.4 is 9.88 Å². The van der Waals surface area contributed by atoms with Crippen molar-refractivity contribution in [1.29, 1.82) is 0 Å². The molecule has 1 rings (SSSR count). The quantitative estimate of drug-likeness (QED) is 0.814. The molecule has 0 fully saturated rings. The van der Waals surface area contributed by atoms with Gasteiger partial charge < -0.3 is 4.74 Å². The summed E-state index contributed by atoms with van der Waals surface area (Å²) in [6.07, 6.45) is 0.952. The van der Waals surface area contributed by atoms with Crippen LogP contribution in [0.4, 0.5) is 0 Å². The number of primary sulfonamides is 1. The highest BCUT2D eigenvalue weighted by atomic mass is 35.5. The third-order valence-corrected chi connectivity index (χ3v) is 3.67. The Bertz CT molecular complexity index is 496. The van der Waals surface area contributed by atoms with Gasteiger partial charge in [-0.25, -0.2) is 13.6 Å². The van der Waals surface area contributed by atoms with Gasteiger partial charge >= 0.3 is 0 Å². The number of hydrogen-bond donors (Lipinski definition) is 1. The average Bonchev–Trinajstić information content (AvgIpc) is 2.19. The molecule has 0 saturated carbocycles. The number of sulfonamides is 1. The molecule has 2 N–H and O–H groups in total. The predicted molar refractivity (Wildman–Crippen MR) is 74.2 cm³/mol. The number of hydrogen-bond acceptors (Lipinski definition) is 3. The fraction of sp³-hybridized carbons (Fsp3) is 0.400. The first-order valence-electron chi connectivity index (χ1n) is 5.07. The monoisotopic (exact) mass is 331 g/mol. The lowest BCUT2D eigenvalue weighted by molar-refractivity contribution is 0.310. The Morgan fingerprint density at radius 2 is 1.67 bits per heavy atom. The summed E-state index contributed by atoms with van der Waals surface area (Å²) in [5, 5.41) is 5.93. The Morgan fingerprint density at radius 1 is 1.11 bits per heavy atom. The van der Waals surface area contributed by atoms with Gasteiger partial charge in [-0.2, -0.15) is 0 Å². The Balaban J connectivity index is 2.45. The van der Waals surface area contributed by atoms with Crippen molar-refractivity contribution in [3.05, 3.63) is 27.2 Å². The van der Waals surface area contributed by atoms with E-state index in [0.29, 0.717) is 40.3 Å². The van der Waals surface area contributed by atoms with Gasteiger partial charge in [0.2, 0.25) is 10.0 Å². The van der Waals surface area contributed by atoms with Crippen molar-refractivity contribution in [1.82, 2.24) is 0 Å². The molecule has 0 unspecified atom stereocenters. The molecule has 0 amide bonds. The number of halogens is 3. The Kier molecular flexibility index (Phi) is 6.01. The molecule has 0 saturated heterocycles. The van der Waals surface area contributed by atoms with E-state index in [0.717, 1.165) is 0 Å². The molecule has 1 aromatic rings. The van der Waals surface area contributed by atoms with Crippen LogP contribution in [0.3, 0.4) is 0 Å². The molecule has 8 heteroatoms. The minimum atomic E-state index is -3.42. The molecule has 0 bridgehead atoms. The minimum Gasteiger partial charge on any atom is -0.490 e. The zero-order valence-corrected chi connectivity index (χ0v) is 12.4. The molecule has 1 aromatic carbocycles. The molecule has 0 spiro atoms. The first-order chi connectivity index (χ1) is 8.29. The van der Waals surface area contributed by atoms with Gasteiger partial charge in [-0.1, -0.05) is 34.8 Å². The molecule has 0 aliphatic heterocycles. The standard InChI is InChI=1S/C10H12Cl3NO3S/c11-7-5-8(12)10(9(13)6-7)17-3-1-2-4-18(14,15)16/h5-6H,1-4H2,(H2,14,15,16). The molecule has 0 aliphatic carbocycles. The molecule has 18 heavy (non-hydrogen) atoms. The van der Waals surface area contributed by atoms with Crippen LogP contribution in [0.1, 0.15) is 12.8 Å². The van der Waals surface area contributed by atoms with Crippen LogP contribution in [0.2, 0.25) is 15.1 Å². The van der Waals surface area contributed by atoms with Crippen LogP contribution in [-0.4, -0.2) is 20.8 Å². The second-order valence-electron chi connectivity index (χ2n) is 3.62. The van der Waals surface area contributed by atoms with Gasteiger partial charge in [-0.3, -0.25) is 0 Å². The fourth-order valence-corrected chi connectivity index (χ4v) is 2.78. The summed E-state index contributed by atoms with van der Waals surface area (Å²) >= 11 is 17.6. The number of benzene rings is 1. The lowest BCUT2D eigenvalue weighted by atomic mass is 10.3. The molecule has 102 valence electrons. The van der Waals surface area contributed by atoms with E-state index in [1.54, 1.807) is 0 Å². The maximum absolute atomic E-state index is 10.7. The van der Waals surface area contributed by atoms with E-state index in [1.807, 2.05) is 0 Å². The molecule has 0 radical (unpaired) electrons. The number of ether oxygens (including phenoxy) is 1. The fourth-order valence-electron chi connectivity index (χ4n) is 1.25. The smallest absolute Gasteiger partial charge is 0.209 e. The molecular formula is C10H12Cl3NO3S. The molecule has 4 nitrogen and oxygen atoms in total. The lowest BCUT2D eigenvalue weighted by Gasteiger charge is -2.10. The Morgan fingerprint density at radius 3 is 2.17 bits per heavy atom. The zero-order valence-electron chi connectivity index (χ0n) is 9.33. The van der Waals surface area contributed by atoms with Gasteiger partial charge in [0.15, 0.2) is 5.75 Å². The van der Waals surface area contributed by atoms with Crippen molar-refractivity contribution in [3.63, 3.8) is 0 Å². The highest BCUT2D eigenvalue weighted by molar-refractivity contribution is 7.89. The first-order valence-corrected chi connectivity index (χ1v) is 7.92. The summed E-state index contributed by atoms with van der Waals surface area (Å²) in [6, 6.07) is 3.04. The van der Waals surface area contributed by atoms with E-state index < -0.39 is 10.0 Å². The summed E-state index contributed by atoms with van der Waals surface area (Å²) < 4.78 is 26.8. The van der Waals surface area contributed by atoms with Gasteiger partial charge in [-0.05, 0) is 25.0 Å². The SMILES string of the molecule is NS(=O)(=O)CCCCOc1c(Cl)cc(Cl)cc1Cl. The van der Waals surface area contributed by atoms with Crippen LogP contribution in [0.15, 0.2) is 12.1 Å². The Hall–Kier alpha value is -0.200. The highest BCUT2D eigenvalue weighted by Gasteiger charge is 2.09. The van der Waals surface area contributed by atoms with Crippen LogP contribution in [-0.2, 0) is 10.0 Å². The second kappa shape index (κ2) is 6.82. The highest BCUT2D eigenvalue weighted by Crippen LogP contribution is 2.35. The van der Waals surface area contributed by atoms with Gasteiger partial charge in [0.1, 0.15) is 0 Å². The minimum absolute atomic E-state index is 0.0710. The topological polar surface area (TPSA) is 69.4 Å². The normalized spacial score (nSPS) is 11.6. The van der Waals surface area contributed by atoms with E-state index in [9.17, 15) is 8.42 Å². The third kappa shape index (κ3) is 5.63. The third-order valence-electron chi connectivity index (χ3n) is 2.03. The van der Waals surface area contributed by atoms with Crippen molar-refractivity contribution in [2.45, 2.75) is 12.8 Å². The van der Waals surface area contributed by atoms with E-state index >= 15 is 0 Å². The van der Waals surface area contributed by atoms with Gasteiger partial charge in [0.25, 0.3) is 0 Å². The summed E-state index contributed by atoms with van der Waals surface area (Å²) in [5.74, 6) is 0.275. The van der Waals surface area contributed by atoms with E-state index in [-0.39, 0.29) is 5.75 Å². The number of nitrogens with two attached hydrogens (primary N) is 1. The maximum atomic E-state index is 10.7. The second-order valence-corrected chi connectivity index (χ2v) is 6.61. The first kappa shape index (κ1) is 15.9. The summed E-state index contributed by atoms with van der Waals surface area (Å²) in [6.45, 7) is 0.302. The van der Waals surface area contributed by atoms with Crippen molar-refractivity contribution < 1.29 is 13.2 Å². The van der Waals surface area contributed by atoms with Crippen molar-refractivity contribution in [2.24, 2.45) is 5.14 Å². The zero-order chi connectivity index (χ0) is 13.8. The van der Waals surface area contributed by atoms with Gasteiger partial charge in [0, 0.05) is 5.02 Å². The van der Waals surface area contributed by atoms with Crippen LogP contribution in [0, 0.1) is 0 Å². The Labute approximate surface area is 121 Å². The van der Waals surface area contributed by atoms with Crippen molar-refractivity contribution in [2.75, 3.05) is 12.4 Å². The summed E-state index contributed by atoms with van der Waals surface area (Å²) in [5.41, 5.74) is 0. The van der Waals surface area contributed by atoms with Gasteiger partial charge in [-0.15, -0.1) is 0 Å². The maximum Gasteiger partial charge on any atom is 0.209 e. The van der Waals surface area contributed by atoms with Crippen molar-refractivity contribution in [3.8, 4) is 5.75 Å². The molecule has 0 aromatic heterocycles. The predicted octanol–water partition coefficient (Wildman–Crippen LogP) is 3.09. The van der Waals surface area contributed by atoms with Crippen LogP contribution in [0.5, 0.6) is 5.75 Å². The largest absolute Gasteiger partial charge is 0.490 e.